The van der Waals surface area contributed by atoms with Gasteiger partial charge in [-0.15, -0.1) is 0 Å². The summed E-state index contributed by atoms with van der Waals surface area (Å²) in [6, 6.07) is 3.43. The molecule has 6 heteroatoms. The number of primary amides is 1. The first kappa shape index (κ1) is 14.9. The number of carbonyl (C=O) groups is 2. The zero-order valence-electron chi connectivity index (χ0n) is 11.0. The lowest BCUT2D eigenvalue weighted by molar-refractivity contribution is -0.125. The molecule has 2 amide bonds. The van der Waals surface area contributed by atoms with Gasteiger partial charge in [-0.2, -0.15) is 0 Å². The zero-order chi connectivity index (χ0) is 14.4. The summed E-state index contributed by atoms with van der Waals surface area (Å²) in [6.45, 7) is 3.99. The van der Waals surface area contributed by atoms with Crippen LogP contribution in [0.5, 0.6) is 0 Å². The van der Waals surface area contributed by atoms with Crippen molar-refractivity contribution in [3.05, 3.63) is 29.6 Å². The highest BCUT2D eigenvalue weighted by atomic mass is 19.1. The largest absolute Gasteiger partial charge is 0.373 e. The fraction of sp³-hybridized carbons (Fsp3) is 0.385. The Morgan fingerprint density at radius 3 is 2.58 bits per heavy atom. The molecule has 1 aromatic carbocycles. The van der Waals surface area contributed by atoms with Gasteiger partial charge in [-0.05, 0) is 37.6 Å². The van der Waals surface area contributed by atoms with E-state index in [1.807, 2.05) is 0 Å². The van der Waals surface area contributed by atoms with Gasteiger partial charge in [0.25, 0.3) is 0 Å². The molecule has 19 heavy (non-hydrogen) atoms. The molecular formula is C13H18FN3O2. The minimum Gasteiger partial charge on any atom is -0.373 e. The Morgan fingerprint density at radius 2 is 2.05 bits per heavy atom. The Bertz CT molecular complexity index is 457. The maximum Gasteiger partial charge on any atom is 0.240 e. The minimum atomic E-state index is -0.868. The van der Waals surface area contributed by atoms with E-state index < -0.39 is 17.8 Å². The number of nitrogens with one attached hydrogen (secondary N) is 2. The predicted octanol–water partition coefficient (Wildman–Crippen LogP) is 0.926. The van der Waals surface area contributed by atoms with Crippen LogP contribution in [0.15, 0.2) is 18.2 Å². The van der Waals surface area contributed by atoms with Gasteiger partial charge in [0.05, 0.1) is 6.42 Å². The summed E-state index contributed by atoms with van der Waals surface area (Å²) in [5.41, 5.74) is 6.36. The summed E-state index contributed by atoms with van der Waals surface area (Å²) in [5.74, 6) is -1.36. The highest BCUT2D eigenvalue weighted by Crippen LogP contribution is 2.15. The average molecular weight is 267 g/mol. The third kappa shape index (κ3) is 4.95. The van der Waals surface area contributed by atoms with E-state index in [4.69, 9.17) is 5.73 Å². The first-order chi connectivity index (χ1) is 8.92. The topological polar surface area (TPSA) is 84.2 Å². The zero-order valence-corrected chi connectivity index (χ0v) is 11.0. The number of benzene rings is 1. The van der Waals surface area contributed by atoms with Gasteiger partial charge in [0.2, 0.25) is 11.8 Å². The van der Waals surface area contributed by atoms with Crippen molar-refractivity contribution in [2.24, 2.45) is 5.73 Å². The number of hydrogen-bond donors (Lipinski definition) is 3. The Kier molecular flexibility index (Phi) is 5.29. The molecule has 4 N–H and O–H groups in total. The Labute approximate surface area is 111 Å². The number of anilines is 1. The normalized spacial score (nSPS) is 11.7. The summed E-state index contributed by atoms with van der Waals surface area (Å²) < 4.78 is 13.2. The molecule has 1 unspecified atom stereocenters. The number of carbonyl (C=O) groups excluding carboxylic acids is 2. The number of halogens is 1. The SMILES string of the molecule is CCNC(=O)CC(Nc1cc(C)cc(F)c1)C(N)=O. The molecule has 1 aromatic rings. The minimum absolute atomic E-state index is 0.0846. The smallest absolute Gasteiger partial charge is 0.240 e. The lowest BCUT2D eigenvalue weighted by Crippen LogP contribution is -2.40. The molecule has 0 saturated carbocycles. The van der Waals surface area contributed by atoms with Crippen molar-refractivity contribution >= 4 is 17.5 Å². The Balaban J connectivity index is 2.78. The summed E-state index contributed by atoms with van der Waals surface area (Å²) in [5, 5.41) is 5.35. The molecule has 0 aliphatic heterocycles. The molecule has 0 fully saturated rings. The highest BCUT2D eigenvalue weighted by Gasteiger charge is 2.19. The molecule has 1 rings (SSSR count). The quantitative estimate of drug-likeness (QED) is 0.716. The van der Waals surface area contributed by atoms with E-state index in [1.54, 1.807) is 19.9 Å². The van der Waals surface area contributed by atoms with E-state index >= 15 is 0 Å². The Morgan fingerprint density at radius 1 is 1.37 bits per heavy atom. The van der Waals surface area contributed by atoms with Crippen molar-refractivity contribution in [3.63, 3.8) is 0 Å². The molecule has 0 aliphatic rings. The lowest BCUT2D eigenvalue weighted by atomic mass is 10.1. The third-order valence-electron chi connectivity index (χ3n) is 2.49. The van der Waals surface area contributed by atoms with E-state index in [-0.39, 0.29) is 12.3 Å². The van der Waals surface area contributed by atoms with Crippen LogP contribution in [-0.4, -0.2) is 24.4 Å². The molecule has 104 valence electrons. The standard InChI is InChI=1S/C13H18FN3O2/c1-3-16-12(18)7-11(13(15)19)17-10-5-8(2)4-9(14)6-10/h4-6,11,17H,3,7H2,1-2H3,(H2,15,19)(H,16,18). The molecule has 0 aliphatic carbocycles. The van der Waals surface area contributed by atoms with Crippen LogP contribution in [0.1, 0.15) is 18.9 Å². The maximum atomic E-state index is 13.2. The van der Waals surface area contributed by atoms with Crippen molar-refractivity contribution in [2.75, 3.05) is 11.9 Å². The Hall–Kier alpha value is -2.11. The molecule has 0 bridgehead atoms. The van der Waals surface area contributed by atoms with Gasteiger partial charge in [0, 0.05) is 12.2 Å². The summed E-state index contributed by atoms with van der Waals surface area (Å²) in [6.07, 6.45) is -0.0846. The van der Waals surface area contributed by atoms with E-state index in [9.17, 15) is 14.0 Å². The first-order valence-corrected chi connectivity index (χ1v) is 6.02. The van der Waals surface area contributed by atoms with Crippen LogP contribution in [0.2, 0.25) is 0 Å². The molecule has 0 radical (unpaired) electrons. The molecule has 0 aromatic heterocycles. The van der Waals surface area contributed by atoms with Crippen LogP contribution in [0.25, 0.3) is 0 Å². The van der Waals surface area contributed by atoms with Gasteiger partial charge in [-0.3, -0.25) is 9.59 Å². The lowest BCUT2D eigenvalue weighted by Gasteiger charge is -2.16. The summed E-state index contributed by atoms with van der Waals surface area (Å²) >= 11 is 0. The monoisotopic (exact) mass is 267 g/mol. The number of amides is 2. The van der Waals surface area contributed by atoms with Crippen molar-refractivity contribution in [2.45, 2.75) is 26.3 Å². The molecule has 1 atom stereocenters. The first-order valence-electron chi connectivity index (χ1n) is 6.02. The fourth-order valence-corrected chi connectivity index (χ4v) is 1.70. The van der Waals surface area contributed by atoms with E-state index in [0.717, 1.165) is 0 Å². The van der Waals surface area contributed by atoms with E-state index in [2.05, 4.69) is 10.6 Å². The van der Waals surface area contributed by atoms with Crippen LogP contribution in [0.3, 0.4) is 0 Å². The van der Waals surface area contributed by atoms with E-state index in [0.29, 0.717) is 17.8 Å². The average Bonchev–Trinajstić information content (AvgIpc) is 2.26. The third-order valence-corrected chi connectivity index (χ3v) is 2.49. The van der Waals surface area contributed by atoms with Crippen LogP contribution in [0.4, 0.5) is 10.1 Å². The molecule has 0 heterocycles. The van der Waals surface area contributed by atoms with Crippen molar-refractivity contribution in [1.82, 2.24) is 5.32 Å². The summed E-state index contributed by atoms with van der Waals surface area (Å²) in [4.78, 5) is 22.7. The second-order valence-corrected chi connectivity index (χ2v) is 4.27. The van der Waals surface area contributed by atoms with E-state index in [1.165, 1.54) is 12.1 Å². The molecular weight excluding hydrogens is 249 g/mol. The van der Waals surface area contributed by atoms with Gasteiger partial charge < -0.3 is 16.4 Å². The van der Waals surface area contributed by atoms with Gasteiger partial charge in [0.15, 0.2) is 0 Å². The van der Waals surface area contributed by atoms with Gasteiger partial charge in [-0.25, -0.2) is 4.39 Å². The number of rotatable bonds is 6. The highest BCUT2D eigenvalue weighted by molar-refractivity contribution is 5.89. The van der Waals surface area contributed by atoms with Crippen molar-refractivity contribution in [3.8, 4) is 0 Å². The van der Waals surface area contributed by atoms with Crippen LogP contribution < -0.4 is 16.4 Å². The van der Waals surface area contributed by atoms with Gasteiger partial charge >= 0.3 is 0 Å². The van der Waals surface area contributed by atoms with Gasteiger partial charge in [-0.1, -0.05) is 0 Å². The van der Waals surface area contributed by atoms with Gasteiger partial charge in [0.1, 0.15) is 11.9 Å². The number of aryl methyl sites for hydroxylation is 1. The molecule has 0 spiro atoms. The molecule has 0 saturated heterocycles. The number of hydrogen-bond acceptors (Lipinski definition) is 3. The summed E-state index contributed by atoms with van der Waals surface area (Å²) in [7, 11) is 0. The van der Waals surface area contributed by atoms with Crippen LogP contribution in [-0.2, 0) is 9.59 Å². The molecule has 5 nitrogen and oxygen atoms in total. The predicted molar refractivity (Wildman–Crippen MR) is 71.0 cm³/mol. The van der Waals surface area contributed by atoms with Crippen LogP contribution >= 0.6 is 0 Å². The maximum absolute atomic E-state index is 13.2. The fourth-order valence-electron chi connectivity index (χ4n) is 1.70. The van der Waals surface area contributed by atoms with Crippen molar-refractivity contribution in [1.29, 1.82) is 0 Å². The van der Waals surface area contributed by atoms with Crippen molar-refractivity contribution < 1.29 is 14.0 Å². The second-order valence-electron chi connectivity index (χ2n) is 4.27. The second kappa shape index (κ2) is 6.72. The number of nitrogens with two attached hydrogens (primary N) is 1. The van der Waals surface area contributed by atoms with Crippen LogP contribution in [0, 0.1) is 12.7 Å².